The standard InChI is InChI=1S/C19H31NO5/c1-3-12(4-2)5-7-14(21)8-6-13-9-15-16(19(13)24)10-17(15)20-25-11-18(22)23/h6,8,12-14,16,19-21,24H,3-5,7,9-11H2,1-2H3,(H,22,23)/t13?,14?,16-,19?/m1/s1. The normalized spacial score (nSPS) is 26.8. The minimum atomic E-state index is -1.02. The number of aliphatic hydroxyl groups excluding tert-OH is 2. The molecule has 6 nitrogen and oxygen atoms in total. The molecule has 2 aliphatic carbocycles. The molecule has 1 fully saturated rings. The van der Waals surface area contributed by atoms with Gasteiger partial charge in [-0.05, 0) is 37.2 Å². The van der Waals surface area contributed by atoms with Crippen LogP contribution in [0.5, 0.6) is 0 Å². The second-order valence-corrected chi connectivity index (χ2v) is 7.17. The zero-order valence-corrected chi connectivity index (χ0v) is 15.1. The molecule has 0 aromatic rings. The van der Waals surface area contributed by atoms with Crippen LogP contribution in [0.3, 0.4) is 0 Å². The van der Waals surface area contributed by atoms with Crippen LogP contribution in [0.25, 0.3) is 0 Å². The molecule has 4 N–H and O–H groups in total. The number of aliphatic carboxylic acids is 1. The van der Waals surface area contributed by atoms with E-state index in [0.717, 1.165) is 43.4 Å². The average Bonchev–Trinajstić information content (AvgIpc) is 2.81. The number of nitrogens with one attached hydrogen (secondary N) is 1. The van der Waals surface area contributed by atoms with Crippen LogP contribution in [0.2, 0.25) is 0 Å². The Hall–Kier alpha value is -1.37. The smallest absolute Gasteiger partial charge is 0.332 e. The molecule has 0 radical (unpaired) electrons. The number of fused-ring (bicyclic) bond motifs is 1. The van der Waals surface area contributed by atoms with Crippen LogP contribution in [0.4, 0.5) is 0 Å². The molecule has 4 atom stereocenters. The van der Waals surface area contributed by atoms with Gasteiger partial charge in [-0.15, -0.1) is 0 Å². The lowest BCUT2D eigenvalue weighted by atomic mass is 9.83. The fourth-order valence-electron chi connectivity index (χ4n) is 3.79. The lowest BCUT2D eigenvalue weighted by Crippen LogP contribution is -2.32. The van der Waals surface area contributed by atoms with Crippen LogP contribution >= 0.6 is 0 Å². The molecule has 2 rings (SSSR count). The number of rotatable bonds is 11. The molecule has 0 heterocycles. The molecule has 142 valence electrons. The van der Waals surface area contributed by atoms with E-state index in [1.165, 1.54) is 0 Å². The highest BCUT2D eigenvalue weighted by molar-refractivity contribution is 5.67. The summed E-state index contributed by atoms with van der Waals surface area (Å²) < 4.78 is 0. The van der Waals surface area contributed by atoms with Crippen molar-refractivity contribution in [3.63, 3.8) is 0 Å². The Bertz CT molecular complexity index is 512. The summed E-state index contributed by atoms with van der Waals surface area (Å²) >= 11 is 0. The molecule has 0 aromatic heterocycles. The van der Waals surface area contributed by atoms with Gasteiger partial charge in [-0.1, -0.05) is 38.8 Å². The highest BCUT2D eigenvalue weighted by Gasteiger charge is 2.45. The lowest BCUT2D eigenvalue weighted by Gasteiger charge is -2.30. The molecule has 0 aromatic carbocycles. The van der Waals surface area contributed by atoms with Crippen molar-refractivity contribution in [1.82, 2.24) is 5.48 Å². The van der Waals surface area contributed by atoms with Crippen molar-refractivity contribution in [2.75, 3.05) is 6.61 Å². The number of allylic oxidation sites excluding steroid dienone is 1. The second-order valence-electron chi connectivity index (χ2n) is 7.17. The largest absolute Gasteiger partial charge is 0.479 e. The predicted octanol–water partition coefficient (Wildman–Crippen LogP) is 2.38. The zero-order chi connectivity index (χ0) is 18.4. The predicted molar refractivity (Wildman–Crippen MR) is 94.4 cm³/mol. The lowest BCUT2D eigenvalue weighted by molar-refractivity contribution is -0.144. The number of aliphatic hydroxyl groups is 2. The highest BCUT2D eigenvalue weighted by Crippen LogP contribution is 2.48. The maximum atomic E-state index is 10.4. The van der Waals surface area contributed by atoms with Crippen molar-refractivity contribution in [1.29, 1.82) is 0 Å². The van der Waals surface area contributed by atoms with Gasteiger partial charge < -0.3 is 15.3 Å². The van der Waals surface area contributed by atoms with Gasteiger partial charge >= 0.3 is 5.97 Å². The Labute approximate surface area is 149 Å². The highest BCUT2D eigenvalue weighted by atomic mass is 16.7. The van der Waals surface area contributed by atoms with Crippen LogP contribution < -0.4 is 5.48 Å². The van der Waals surface area contributed by atoms with Crippen molar-refractivity contribution in [3.05, 3.63) is 23.4 Å². The molecule has 0 bridgehead atoms. The number of hydrogen-bond donors (Lipinski definition) is 4. The monoisotopic (exact) mass is 353 g/mol. The molecular formula is C19H31NO5. The first-order valence-corrected chi connectivity index (χ1v) is 9.32. The summed E-state index contributed by atoms with van der Waals surface area (Å²) in [5, 5.41) is 29.1. The zero-order valence-electron chi connectivity index (χ0n) is 15.1. The topological polar surface area (TPSA) is 99.0 Å². The van der Waals surface area contributed by atoms with Gasteiger partial charge in [0.2, 0.25) is 0 Å². The molecule has 0 spiro atoms. The van der Waals surface area contributed by atoms with Crippen LogP contribution in [-0.4, -0.2) is 40.1 Å². The van der Waals surface area contributed by atoms with Crippen LogP contribution in [-0.2, 0) is 9.63 Å². The molecule has 3 unspecified atom stereocenters. The minimum Gasteiger partial charge on any atom is -0.479 e. The number of carboxylic acid groups (broad SMARTS) is 1. The first-order chi connectivity index (χ1) is 12.0. The first-order valence-electron chi connectivity index (χ1n) is 9.32. The summed E-state index contributed by atoms with van der Waals surface area (Å²) in [6, 6.07) is 0. The van der Waals surface area contributed by atoms with Crippen molar-refractivity contribution < 1.29 is 25.0 Å². The number of hydrogen-bond acceptors (Lipinski definition) is 5. The number of carbonyl (C=O) groups is 1. The summed E-state index contributed by atoms with van der Waals surface area (Å²) in [5.41, 5.74) is 4.68. The Morgan fingerprint density at radius 3 is 2.68 bits per heavy atom. The molecule has 0 saturated heterocycles. The fourth-order valence-corrected chi connectivity index (χ4v) is 3.79. The third-order valence-corrected chi connectivity index (χ3v) is 5.56. The van der Waals surface area contributed by atoms with Gasteiger partial charge in [-0.25, -0.2) is 4.79 Å². The van der Waals surface area contributed by atoms with Crippen LogP contribution in [0, 0.1) is 17.8 Å². The van der Waals surface area contributed by atoms with E-state index in [1.807, 2.05) is 12.2 Å². The maximum absolute atomic E-state index is 10.4. The Balaban J connectivity index is 1.80. The number of carboxylic acids is 1. The Morgan fingerprint density at radius 1 is 1.32 bits per heavy atom. The molecule has 1 saturated carbocycles. The van der Waals surface area contributed by atoms with Crippen molar-refractivity contribution in [3.8, 4) is 0 Å². The molecule has 0 aliphatic heterocycles. The Morgan fingerprint density at radius 2 is 2.04 bits per heavy atom. The average molecular weight is 353 g/mol. The third kappa shape index (κ3) is 5.30. The van der Waals surface area contributed by atoms with E-state index in [9.17, 15) is 15.0 Å². The van der Waals surface area contributed by atoms with E-state index in [1.54, 1.807) is 0 Å². The molecule has 2 aliphatic rings. The second kappa shape index (κ2) is 9.36. The fraction of sp³-hybridized carbons (Fsp3) is 0.737. The summed E-state index contributed by atoms with van der Waals surface area (Å²) in [7, 11) is 0. The van der Waals surface area contributed by atoms with Gasteiger partial charge in [0.1, 0.15) is 0 Å². The van der Waals surface area contributed by atoms with Crippen molar-refractivity contribution in [2.24, 2.45) is 17.8 Å². The Kier molecular flexibility index (Phi) is 7.47. The summed E-state index contributed by atoms with van der Waals surface area (Å²) in [4.78, 5) is 15.4. The van der Waals surface area contributed by atoms with E-state index in [0.29, 0.717) is 12.3 Å². The molecule has 0 amide bonds. The van der Waals surface area contributed by atoms with Crippen molar-refractivity contribution >= 4 is 5.97 Å². The molecule has 6 heteroatoms. The number of hydroxylamine groups is 1. The first kappa shape index (κ1) is 19.9. The van der Waals surface area contributed by atoms with Crippen molar-refractivity contribution in [2.45, 2.75) is 64.6 Å². The van der Waals surface area contributed by atoms with Gasteiger partial charge in [0.15, 0.2) is 6.61 Å². The van der Waals surface area contributed by atoms with Crippen LogP contribution in [0.15, 0.2) is 23.4 Å². The maximum Gasteiger partial charge on any atom is 0.332 e. The van der Waals surface area contributed by atoms with Gasteiger partial charge in [-0.3, -0.25) is 10.3 Å². The van der Waals surface area contributed by atoms with E-state index < -0.39 is 24.8 Å². The molecular weight excluding hydrogens is 322 g/mol. The van der Waals surface area contributed by atoms with Gasteiger partial charge in [-0.2, -0.15) is 0 Å². The minimum absolute atomic E-state index is 0.00145. The summed E-state index contributed by atoms with van der Waals surface area (Å²) in [5.74, 6) is -0.238. The van der Waals surface area contributed by atoms with E-state index >= 15 is 0 Å². The third-order valence-electron chi connectivity index (χ3n) is 5.56. The van der Waals surface area contributed by atoms with E-state index in [4.69, 9.17) is 9.94 Å². The van der Waals surface area contributed by atoms with E-state index in [-0.39, 0.29) is 11.8 Å². The van der Waals surface area contributed by atoms with E-state index in [2.05, 4.69) is 19.3 Å². The quantitative estimate of drug-likeness (QED) is 0.336. The van der Waals surface area contributed by atoms with Crippen LogP contribution in [0.1, 0.15) is 52.4 Å². The van der Waals surface area contributed by atoms with Gasteiger partial charge in [0.25, 0.3) is 0 Å². The van der Waals surface area contributed by atoms with Gasteiger partial charge in [0, 0.05) is 17.5 Å². The SMILES string of the molecule is CCC(CC)CCC(O)C=CC1CC2=C(NOCC(=O)O)C[C@H]2C1O. The summed E-state index contributed by atoms with van der Waals surface area (Å²) in [6.07, 6.45) is 8.31. The molecule has 25 heavy (non-hydrogen) atoms. The summed E-state index contributed by atoms with van der Waals surface area (Å²) in [6.45, 7) is 3.97. The van der Waals surface area contributed by atoms with Gasteiger partial charge in [0.05, 0.1) is 12.2 Å².